The Balaban J connectivity index is 2.18. The molecule has 5 nitrogen and oxygen atoms in total. The van der Waals surface area contributed by atoms with Crippen LogP contribution < -0.4 is 0 Å². The summed E-state index contributed by atoms with van der Waals surface area (Å²) >= 11 is 0. The first kappa shape index (κ1) is 21.5. The Morgan fingerprint density at radius 1 is 0.800 bits per heavy atom. The molecule has 0 aromatic heterocycles. The minimum atomic E-state index is -3.26. The van der Waals surface area contributed by atoms with Crippen LogP contribution in [0.5, 0.6) is 11.5 Å². The quantitative estimate of drug-likeness (QED) is 0.360. The molecule has 0 spiro atoms. The number of phenols is 2. The number of benzene rings is 1. The molecule has 0 atom stereocenters. The van der Waals surface area contributed by atoms with Crippen molar-refractivity contribution in [2.24, 2.45) is 0 Å². The molecular weight excluding hydrogens is 340 g/mol. The molecule has 1 aromatic rings. The summed E-state index contributed by atoms with van der Waals surface area (Å²) in [5.41, 5.74) is 0.528. The number of rotatable bonds is 13. The smallest absolute Gasteiger partial charge is 0.171 e. The van der Waals surface area contributed by atoms with E-state index in [1.165, 1.54) is 36.5 Å². The summed E-state index contributed by atoms with van der Waals surface area (Å²) in [5.74, 6) is -0.367. The molecule has 0 aliphatic carbocycles. The maximum Gasteiger partial charge on any atom is 0.171 e. The van der Waals surface area contributed by atoms with Gasteiger partial charge in [0.15, 0.2) is 21.3 Å². The Labute approximate surface area is 150 Å². The maximum atomic E-state index is 12.0. The van der Waals surface area contributed by atoms with Gasteiger partial charge in [-0.15, -0.1) is 0 Å². The van der Waals surface area contributed by atoms with Gasteiger partial charge in [0.25, 0.3) is 0 Å². The predicted octanol–water partition coefficient (Wildman–Crippen LogP) is 3.99. The lowest BCUT2D eigenvalue weighted by atomic mass is 10.1. The number of phenolic OH excluding ortho intramolecular Hbond substituents is 2. The summed E-state index contributed by atoms with van der Waals surface area (Å²) in [6.45, 7) is 0.275. The van der Waals surface area contributed by atoms with Crippen LogP contribution in [-0.2, 0) is 9.84 Å². The van der Waals surface area contributed by atoms with Crippen molar-refractivity contribution in [2.75, 3.05) is 12.4 Å². The van der Waals surface area contributed by atoms with Crippen molar-refractivity contribution in [3.63, 3.8) is 0 Å². The predicted molar refractivity (Wildman–Crippen MR) is 101 cm³/mol. The van der Waals surface area contributed by atoms with Crippen LogP contribution in [0.1, 0.15) is 63.4 Å². The molecule has 3 N–H and O–H groups in total. The first-order valence-corrected chi connectivity index (χ1v) is 10.7. The van der Waals surface area contributed by atoms with E-state index < -0.39 is 9.84 Å². The molecule has 1 rings (SSSR count). The molecule has 0 aliphatic rings. The Bertz CT molecular complexity index is 623. The summed E-state index contributed by atoms with van der Waals surface area (Å²) in [6, 6.07) is 4.19. The Morgan fingerprint density at radius 2 is 1.36 bits per heavy atom. The minimum Gasteiger partial charge on any atom is -0.504 e. The number of unbranched alkanes of at least 4 members (excludes halogenated alkanes) is 8. The molecule has 0 fully saturated rings. The number of aromatic hydroxyl groups is 2. The zero-order valence-electron chi connectivity index (χ0n) is 14.7. The molecule has 0 unspecified atom stereocenters. The standard InChI is InChI=1S/C19H30O5S/c20-13-8-6-4-2-1-3-5-7-9-14-25(23,24)15-12-17-10-11-18(21)19(22)16-17/h10-12,15-16,20-22H,1-9,13-14H2/b15-12+. The summed E-state index contributed by atoms with van der Waals surface area (Å²) < 4.78 is 23.9. The number of sulfone groups is 1. The van der Waals surface area contributed by atoms with Crippen LogP contribution >= 0.6 is 0 Å². The first-order chi connectivity index (χ1) is 11.9. The molecule has 0 saturated heterocycles. The van der Waals surface area contributed by atoms with Crippen molar-refractivity contribution in [1.29, 1.82) is 0 Å². The van der Waals surface area contributed by atoms with Gasteiger partial charge in [0.2, 0.25) is 0 Å². The molecule has 25 heavy (non-hydrogen) atoms. The molecule has 142 valence electrons. The first-order valence-electron chi connectivity index (χ1n) is 8.98. The molecule has 6 heteroatoms. The van der Waals surface area contributed by atoms with Crippen molar-refractivity contribution in [1.82, 2.24) is 0 Å². The normalized spacial score (nSPS) is 12.0. The molecule has 0 amide bonds. The third-order valence-electron chi connectivity index (χ3n) is 4.05. The van der Waals surface area contributed by atoms with Gasteiger partial charge in [0, 0.05) is 12.0 Å². The highest BCUT2D eigenvalue weighted by Gasteiger charge is 2.06. The Kier molecular flexibility index (Phi) is 10.3. The van der Waals surface area contributed by atoms with Crippen LogP contribution in [0.3, 0.4) is 0 Å². The number of aliphatic hydroxyl groups is 1. The Morgan fingerprint density at radius 3 is 1.92 bits per heavy atom. The van der Waals surface area contributed by atoms with Crippen molar-refractivity contribution in [3.05, 3.63) is 29.2 Å². The van der Waals surface area contributed by atoms with Crippen molar-refractivity contribution >= 4 is 15.9 Å². The van der Waals surface area contributed by atoms with E-state index in [1.807, 2.05) is 0 Å². The average molecular weight is 371 g/mol. The SMILES string of the molecule is O=S(=O)(/C=C/c1ccc(O)c(O)c1)CCCCCCCCCCCO. The summed E-state index contributed by atoms with van der Waals surface area (Å²) in [7, 11) is -3.26. The van der Waals surface area contributed by atoms with Gasteiger partial charge in [0.1, 0.15) is 0 Å². The molecular formula is C19H30O5S. The molecule has 0 heterocycles. The van der Waals surface area contributed by atoms with E-state index in [2.05, 4.69) is 0 Å². The zero-order valence-corrected chi connectivity index (χ0v) is 15.5. The number of aliphatic hydroxyl groups excluding tert-OH is 1. The van der Waals surface area contributed by atoms with Gasteiger partial charge in [-0.3, -0.25) is 0 Å². The van der Waals surface area contributed by atoms with Crippen LogP contribution in [0.4, 0.5) is 0 Å². The third kappa shape index (κ3) is 10.1. The fraction of sp³-hybridized carbons (Fsp3) is 0.579. The lowest BCUT2D eigenvalue weighted by molar-refractivity contribution is 0.282. The van der Waals surface area contributed by atoms with Crippen molar-refractivity contribution in [2.45, 2.75) is 57.8 Å². The molecule has 0 bridgehead atoms. The lowest BCUT2D eigenvalue weighted by Crippen LogP contribution is -2.01. The van der Waals surface area contributed by atoms with Gasteiger partial charge in [-0.05, 0) is 36.6 Å². The maximum absolute atomic E-state index is 12.0. The van der Waals surface area contributed by atoms with E-state index >= 15 is 0 Å². The van der Waals surface area contributed by atoms with E-state index in [4.69, 9.17) is 5.11 Å². The second-order valence-corrected chi connectivity index (χ2v) is 8.33. The fourth-order valence-corrected chi connectivity index (χ4v) is 3.65. The van der Waals surface area contributed by atoms with Gasteiger partial charge >= 0.3 is 0 Å². The third-order valence-corrected chi connectivity index (χ3v) is 5.46. The highest BCUT2D eigenvalue weighted by atomic mass is 32.2. The lowest BCUT2D eigenvalue weighted by Gasteiger charge is -2.02. The molecule has 0 radical (unpaired) electrons. The Hall–Kier alpha value is -1.53. The number of hydrogen-bond donors (Lipinski definition) is 3. The van der Waals surface area contributed by atoms with Gasteiger partial charge in [-0.2, -0.15) is 0 Å². The monoisotopic (exact) mass is 370 g/mol. The fourth-order valence-electron chi connectivity index (χ4n) is 2.55. The minimum absolute atomic E-state index is 0.129. The van der Waals surface area contributed by atoms with Crippen LogP contribution in [0, 0.1) is 0 Å². The van der Waals surface area contributed by atoms with Crippen LogP contribution in [0.2, 0.25) is 0 Å². The van der Waals surface area contributed by atoms with Crippen molar-refractivity contribution in [3.8, 4) is 11.5 Å². The van der Waals surface area contributed by atoms with Crippen LogP contribution in [-0.4, -0.2) is 36.1 Å². The van der Waals surface area contributed by atoms with Gasteiger partial charge in [-0.1, -0.05) is 51.0 Å². The zero-order chi connectivity index (χ0) is 18.5. The molecule has 0 aliphatic heterocycles. The van der Waals surface area contributed by atoms with Gasteiger partial charge < -0.3 is 15.3 Å². The largest absolute Gasteiger partial charge is 0.504 e. The topological polar surface area (TPSA) is 94.8 Å². The summed E-state index contributed by atoms with van der Waals surface area (Å²) in [6.07, 6.45) is 10.6. The van der Waals surface area contributed by atoms with E-state index in [9.17, 15) is 18.6 Å². The highest BCUT2D eigenvalue weighted by molar-refractivity contribution is 7.94. The molecule has 1 aromatic carbocycles. The van der Waals surface area contributed by atoms with E-state index in [0.29, 0.717) is 12.0 Å². The van der Waals surface area contributed by atoms with E-state index in [-0.39, 0.29) is 23.9 Å². The average Bonchev–Trinajstić information content (AvgIpc) is 2.58. The second-order valence-electron chi connectivity index (χ2n) is 6.32. The highest BCUT2D eigenvalue weighted by Crippen LogP contribution is 2.25. The number of hydrogen-bond acceptors (Lipinski definition) is 5. The second kappa shape index (κ2) is 11.9. The van der Waals surface area contributed by atoms with Crippen LogP contribution in [0.25, 0.3) is 6.08 Å². The van der Waals surface area contributed by atoms with Crippen LogP contribution in [0.15, 0.2) is 23.6 Å². The van der Waals surface area contributed by atoms with Crippen molar-refractivity contribution < 1.29 is 23.7 Å². The van der Waals surface area contributed by atoms with Gasteiger partial charge in [0.05, 0.1) is 5.75 Å². The van der Waals surface area contributed by atoms with Gasteiger partial charge in [-0.25, -0.2) is 8.42 Å². The summed E-state index contributed by atoms with van der Waals surface area (Å²) in [4.78, 5) is 0. The molecule has 0 saturated carbocycles. The van der Waals surface area contributed by atoms with E-state index in [0.717, 1.165) is 38.5 Å². The van der Waals surface area contributed by atoms with E-state index in [1.54, 1.807) is 6.07 Å². The summed E-state index contributed by atoms with van der Waals surface area (Å²) in [5, 5.41) is 28.5.